The van der Waals surface area contributed by atoms with E-state index < -0.39 is 18.3 Å². The van der Waals surface area contributed by atoms with Gasteiger partial charge in [0.15, 0.2) is 0 Å². The average molecular weight is 324 g/mol. The molecule has 1 saturated heterocycles. The van der Waals surface area contributed by atoms with Gasteiger partial charge in [-0.3, -0.25) is 0 Å². The molecule has 2 unspecified atom stereocenters. The molecule has 0 aromatic carbocycles. The van der Waals surface area contributed by atoms with Crippen molar-refractivity contribution in [3.63, 3.8) is 0 Å². The SMILES string of the molecule is CC(CC1CCCCN1C(=O)OC(C)(C)C)NCC(F)(F)F. The van der Waals surface area contributed by atoms with Crippen LogP contribution in [0.15, 0.2) is 0 Å². The molecular weight excluding hydrogens is 297 g/mol. The van der Waals surface area contributed by atoms with Crippen molar-refractivity contribution < 1.29 is 22.7 Å². The van der Waals surface area contributed by atoms with E-state index in [4.69, 9.17) is 4.74 Å². The van der Waals surface area contributed by atoms with Gasteiger partial charge >= 0.3 is 12.3 Å². The van der Waals surface area contributed by atoms with Crippen LogP contribution in [-0.2, 0) is 4.74 Å². The number of amides is 1. The monoisotopic (exact) mass is 324 g/mol. The molecule has 130 valence electrons. The Morgan fingerprint density at radius 1 is 1.32 bits per heavy atom. The largest absolute Gasteiger partial charge is 0.444 e. The molecule has 1 amide bonds. The Morgan fingerprint density at radius 3 is 2.50 bits per heavy atom. The van der Waals surface area contributed by atoms with E-state index in [1.165, 1.54) is 0 Å². The number of carbonyl (C=O) groups is 1. The van der Waals surface area contributed by atoms with Gasteiger partial charge < -0.3 is 15.0 Å². The molecule has 1 N–H and O–H groups in total. The summed E-state index contributed by atoms with van der Waals surface area (Å²) in [5, 5.41) is 2.47. The molecule has 1 fully saturated rings. The Labute approximate surface area is 130 Å². The molecule has 22 heavy (non-hydrogen) atoms. The summed E-state index contributed by atoms with van der Waals surface area (Å²) in [5.41, 5.74) is -0.570. The molecule has 0 aromatic heterocycles. The van der Waals surface area contributed by atoms with E-state index >= 15 is 0 Å². The lowest BCUT2D eigenvalue weighted by Gasteiger charge is -2.38. The molecule has 4 nitrogen and oxygen atoms in total. The quantitative estimate of drug-likeness (QED) is 0.857. The van der Waals surface area contributed by atoms with Crippen molar-refractivity contribution in [2.75, 3.05) is 13.1 Å². The summed E-state index contributed by atoms with van der Waals surface area (Å²) in [5.74, 6) is 0. The lowest BCUT2D eigenvalue weighted by Crippen LogP contribution is -2.49. The average Bonchev–Trinajstić information content (AvgIpc) is 2.34. The molecule has 7 heteroatoms. The zero-order valence-corrected chi connectivity index (χ0v) is 13.8. The van der Waals surface area contributed by atoms with Gasteiger partial charge in [0.05, 0.1) is 6.54 Å². The van der Waals surface area contributed by atoms with Crippen LogP contribution in [0.25, 0.3) is 0 Å². The highest BCUT2D eigenvalue weighted by Crippen LogP contribution is 2.24. The number of halogens is 3. The lowest BCUT2D eigenvalue weighted by molar-refractivity contribution is -0.126. The topological polar surface area (TPSA) is 41.6 Å². The van der Waals surface area contributed by atoms with Crippen molar-refractivity contribution in [2.24, 2.45) is 0 Å². The molecule has 0 saturated carbocycles. The van der Waals surface area contributed by atoms with E-state index in [2.05, 4.69) is 5.32 Å². The number of hydrogen-bond acceptors (Lipinski definition) is 3. The van der Waals surface area contributed by atoms with Crippen LogP contribution in [0.4, 0.5) is 18.0 Å². The zero-order valence-electron chi connectivity index (χ0n) is 13.8. The summed E-state index contributed by atoms with van der Waals surface area (Å²) in [4.78, 5) is 13.9. The van der Waals surface area contributed by atoms with Crippen LogP contribution in [0.3, 0.4) is 0 Å². The second-order valence-electron chi connectivity index (χ2n) is 6.96. The first-order valence-corrected chi connectivity index (χ1v) is 7.78. The number of piperidine rings is 1. The van der Waals surface area contributed by atoms with Crippen LogP contribution >= 0.6 is 0 Å². The highest BCUT2D eigenvalue weighted by atomic mass is 19.4. The number of ether oxygens (including phenoxy) is 1. The van der Waals surface area contributed by atoms with Crippen LogP contribution in [0.1, 0.15) is 53.4 Å². The maximum absolute atomic E-state index is 12.2. The number of nitrogens with one attached hydrogen (secondary N) is 1. The first kappa shape index (κ1) is 19.1. The van der Waals surface area contributed by atoms with Crippen molar-refractivity contribution in [3.05, 3.63) is 0 Å². The van der Waals surface area contributed by atoms with E-state index in [9.17, 15) is 18.0 Å². The van der Waals surface area contributed by atoms with Crippen molar-refractivity contribution in [1.82, 2.24) is 10.2 Å². The van der Waals surface area contributed by atoms with Crippen molar-refractivity contribution in [3.8, 4) is 0 Å². The van der Waals surface area contributed by atoms with Gasteiger partial charge in [-0.1, -0.05) is 0 Å². The third-order valence-corrected chi connectivity index (χ3v) is 3.53. The standard InChI is InChI=1S/C15H27F3N2O2/c1-11(19-10-15(16,17)18)9-12-7-5-6-8-20(12)13(21)22-14(2,3)4/h11-12,19H,5-10H2,1-4H3. The normalized spacial score (nSPS) is 21.6. The fourth-order valence-electron chi connectivity index (χ4n) is 2.59. The predicted molar refractivity (Wildman–Crippen MR) is 78.7 cm³/mol. The second kappa shape index (κ2) is 7.53. The Bertz CT molecular complexity index is 367. The van der Waals surface area contributed by atoms with Crippen molar-refractivity contribution in [1.29, 1.82) is 0 Å². The molecule has 1 rings (SSSR count). The predicted octanol–water partition coefficient (Wildman–Crippen LogP) is 3.71. The van der Waals surface area contributed by atoms with Crippen molar-refractivity contribution in [2.45, 2.75) is 77.2 Å². The van der Waals surface area contributed by atoms with Gasteiger partial charge in [-0.2, -0.15) is 13.2 Å². The fourth-order valence-corrected chi connectivity index (χ4v) is 2.59. The molecule has 0 aliphatic carbocycles. The molecule has 0 spiro atoms. The highest BCUT2D eigenvalue weighted by Gasteiger charge is 2.32. The molecule has 0 bridgehead atoms. The van der Waals surface area contributed by atoms with E-state index in [1.54, 1.807) is 32.6 Å². The van der Waals surface area contributed by atoms with Gasteiger partial charge in [-0.05, 0) is 53.4 Å². The molecule has 1 aliphatic heterocycles. The first-order chi connectivity index (χ1) is 9.98. The van der Waals surface area contributed by atoms with Gasteiger partial charge in [0.2, 0.25) is 0 Å². The summed E-state index contributed by atoms with van der Waals surface area (Å²) in [6.07, 6.45) is -1.41. The van der Waals surface area contributed by atoms with Crippen LogP contribution in [0.2, 0.25) is 0 Å². The summed E-state index contributed by atoms with van der Waals surface area (Å²) >= 11 is 0. The van der Waals surface area contributed by atoms with Gasteiger partial charge in [0.1, 0.15) is 5.60 Å². The Kier molecular flexibility index (Phi) is 6.52. The Hall–Kier alpha value is -0.980. The fraction of sp³-hybridized carbons (Fsp3) is 0.933. The number of likely N-dealkylation sites (tertiary alicyclic amines) is 1. The minimum absolute atomic E-state index is 0.0701. The molecule has 0 aromatic rings. The third kappa shape index (κ3) is 7.33. The van der Waals surface area contributed by atoms with Gasteiger partial charge in [-0.15, -0.1) is 0 Å². The van der Waals surface area contributed by atoms with Crippen LogP contribution in [-0.4, -0.2) is 47.9 Å². The lowest BCUT2D eigenvalue weighted by atomic mass is 9.97. The van der Waals surface area contributed by atoms with Crippen LogP contribution in [0.5, 0.6) is 0 Å². The molecule has 0 radical (unpaired) electrons. The third-order valence-electron chi connectivity index (χ3n) is 3.53. The second-order valence-corrected chi connectivity index (χ2v) is 6.96. The van der Waals surface area contributed by atoms with Crippen LogP contribution in [0, 0.1) is 0 Å². The minimum atomic E-state index is -4.22. The summed E-state index contributed by atoms with van der Waals surface area (Å²) < 4.78 is 42.1. The minimum Gasteiger partial charge on any atom is -0.444 e. The molecule has 2 atom stereocenters. The summed E-state index contributed by atoms with van der Waals surface area (Å²) in [6, 6.07) is -0.381. The number of carbonyl (C=O) groups excluding carboxylic acids is 1. The number of alkyl halides is 3. The van der Waals surface area contributed by atoms with E-state index in [0.717, 1.165) is 19.3 Å². The van der Waals surface area contributed by atoms with Crippen LogP contribution < -0.4 is 5.32 Å². The number of hydrogen-bond donors (Lipinski definition) is 1. The molecule has 1 heterocycles. The highest BCUT2D eigenvalue weighted by molar-refractivity contribution is 5.68. The Balaban J connectivity index is 2.56. The van der Waals surface area contributed by atoms with E-state index in [1.807, 2.05) is 0 Å². The van der Waals surface area contributed by atoms with E-state index in [0.29, 0.717) is 13.0 Å². The molecule has 1 aliphatic rings. The number of nitrogens with zero attached hydrogens (tertiary/aromatic N) is 1. The smallest absolute Gasteiger partial charge is 0.410 e. The zero-order chi connectivity index (χ0) is 17.0. The van der Waals surface area contributed by atoms with E-state index in [-0.39, 0.29) is 18.2 Å². The van der Waals surface area contributed by atoms with Crippen molar-refractivity contribution >= 4 is 6.09 Å². The number of rotatable bonds is 4. The Morgan fingerprint density at radius 2 is 1.95 bits per heavy atom. The summed E-state index contributed by atoms with van der Waals surface area (Å²) in [6.45, 7) is 6.72. The van der Waals surface area contributed by atoms with Gasteiger partial charge in [-0.25, -0.2) is 4.79 Å². The van der Waals surface area contributed by atoms with Gasteiger partial charge in [0, 0.05) is 18.6 Å². The van der Waals surface area contributed by atoms with Gasteiger partial charge in [0.25, 0.3) is 0 Å². The maximum Gasteiger partial charge on any atom is 0.410 e. The maximum atomic E-state index is 12.2. The summed E-state index contributed by atoms with van der Waals surface area (Å²) in [7, 11) is 0. The first-order valence-electron chi connectivity index (χ1n) is 7.78. The molecular formula is C15H27F3N2O2.